The number of nitrogens with one attached hydrogen (secondary N) is 1. The molecule has 1 N–H and O–H groups in total. The van der Waals surface area contributed by atoms with Crippen molar-refractivity contribution in [2.45, 2.75) is 4.90 Å². The van der Waals surface area contributed by atoms with Crippen LogP contribution < -0.4 is 5.32 Å². The zero-order chi connectivity index (χ0) is 25.0. The van der Waals surface area contributed by atoms with E-state index in [2.05, 4.69) is 10.3 Å². The molecule has 3 aromatic rings. The summed E-state index contributed by atoms with van der Waals surface area (Å²) in [5, 5.41) is 4.45. The van der Waals surface area contributed by atoms with Crippen LogP contribution in [0.15, 0.2) is 52.7 Å². The second-order valence-corrected chi connectivity index (χ2v) is 10.5. The van der Waals surface area contributed by atoms with Crippen LogP contribution in [0.2, 0.25) is 5.02 Å². The van der Waals surface area contributed by atoms with E-state index in [0.29, 0.717) is 11.3 Å². The lowest BCUT2D eigenvalue weighted by Gasteiger charge is -2.26. The number of sulfonamides is 1. The van der Waals surface area contributed by atoms with Gasteiger partial charge in [0.25, 0.3) is 5.91 Å². The molecule has 184 valence electrons. The average molecular weight is 540 g/mol. The van der Waals surface area contributed by atoms with Crippen molar-refractivity contribution in [3.63, 3.8) is 0 Å². The normalized spacial score (nSPS) is 14.5. The van der Waals surface area contributed by atoms with Gasteiger partial charge in [-0.3, -0.25) is 10.1 Å². The van der Waals surface area contributed by atoms with Gasteiger partial charge in [-0.2, -0.15) is 4.31 Å². The van der Waals surface area contributed by atoms with Gasteiger partial charge >= 0.3 is 5.97 Å². The van der Waals surface area contributed by atoms with Gasteiger partial charge in [-0.25, -0.2) is 22.6 Å². The number of halogens is 2. The summed E-state index contributed by atoms with van der Waals surface area (Å²) in [5.41, 5.74) is 1.17. The van der Waals surface area contributed by atoms with Crippen molar-refractivity contribution >= 4 is 50.0 Å². The molecule has 1 aliphatic rings. The first-order chi connectivity index (χ1) is 16.7. The molecule has 1 aliphatic heterocycles. The number of hydrogen-bond acceptors (Lipinski definition) is 8. The van der Waals surface area contributed by atoms with E-state index in [1.54, 1.807) is 17.5 Å². The smallest absolute Gasteiger partial charge is 0.338 e. The number of ether oxygens (including phenoxy) is 2. The molecule has 1 saturated heterocycles. The molecule has 2 aromatic carbocycles. The van der Waals surface area contributed by atoms with Gasteiger partial charge in [-0.1, -0.05) is 11.6 Å². The first kappa shape index (κ1) is 25.2. The number of carbonyl (C=O) groups excluding carboxylic acids is 2. The number of morpholine rings is 1. The van der Waals surface area contributed by atoms with E-state index in [0.717, 1.165) is 17.4 Å². The van der Waals surface area contributed by atoms with Crippen molar-refractivity contribution in [3.8, 4) is 11.3 Å². The Hall–Kier alpha value is -2.90. The molecule has 9 nitrogen and oxygen atoms in total. The van der Waals surface area contributed by atoms with E-state index in [4.69, 9.17) is 21.1 Å². The second kappa shape index (κ2) is 10.8. The summed E-state index contributed by atoms with van der Waals surface area (Å²) in [5.74, 6) is -1.89. The largest absolute Gasteiger partial charge is 0.452 e. The van der Waals surface area contributed by atoms with Crippen LogP contribution in [0.25, 0.3) is 11.3 Å². The molecular formula is C22H19ClFN3O6S2. The molecule has 1 amide bonds. The lowest BCUT2D eigenvalue weighted by molar-refractivity contribution is -0.119. The molecule has 2 heterocycles. The van der Waals surface area contributed by atoms with Crippen molar-refractivity contribution < 1.29 is 31.9 Å². The molecule has 0 saturated carbocycles. The Morgan fingerprint density at radius 2 is 1.89 bits per heavy atom. The van der Waals surface area contributed by atoms with Gasteiger partial charge in [0.15, 0.2) is 11.7 Å². The van der Waals surface area contributed by atoms with Crippen molar-refractivity contribution in [3.05, 3.63) is 64.2 Å². The molecular weight excluding hydrogens is 521 g/mol. The van der Waals surface area contributed by atoms with Gasteiger partial charge in [0.2, 0.25) is 10.0 Å². The highest BCUT2D eigenvalue weighted by molar-refractivity contribution is 7.89. The Labute approximate surface area is 209 Å². The van der Waals surface area contributed by atoms with Gasteiger partial charge in [0, 0.05) is 24.0 Å². The van der Waals surface area contributed by atoms with Crippen LogP contribution in [-0.2, 0) is 24.3 Å². The van der Waals surface area contributed by atoms with Gasteiger partial charge in [0.05, 0.1) is 29.5 Å². The fraction of sp³-hybridized carbons (Fsp3) is 0.227. The summed E-state index contributed by atoms with van der Waals surface area (Å²) in [6.45, 7) is 0.259. The standard InChI is InChI=1S/C22H19ClFN3O6S2/c23-17-6-3-15(11-19(17)35(30,31)27-7-9-32-10-8-27)21(29)33-12-20(28)26-22-25-18(13-34-22)14-1-4-16(24)5-2-14/h1-6,11,13H,7-10,12H2,(H,25,26,28). The predicted molar refractivity (Wildman–Crippen MR) is 127 cm³/mol. The average Bonchev–Trinajstić information content (AvgIpc) is 3.32. The summed E-state index contributed by atoms with van der Waals surface area (Å²) >= 11 is 7.25. The SMILES string of the molecule is O=C(COC(=O)c1ccc(Cl)c(S(=O)(=O)N2CCOCC2)c1)Nc1nc(-c2ccc(F)cc2)cs1. The van der Waals surface area contributed by atoms with Gasteiger partial charge in [-0.15, -0.1) is 11.3 Å². The number of carbonyl (C=O) groups is 2. The number of amides is 1. The number of thiazole rings is 1. The van der Waals surface area contributed by atoms with E-state index in [1.807, 2.05) is 0 Å². The van der Waals surface area contributed by atoms with Crippen LogP contribution in [0.1, 0.15) is 10.4 Å². The number of rotatable bonds is 7. The van der Waals surface area contributed by atoms with Crippen molar-refractivity contribution in [1.29, 1.82) is 0 Å². The number of hydrogen-bond donors (Lipinski definition) is 1. The maximum absolute atomic E-state index is 13.1. The summed E-state index contributed by atoms with van der Waals surface area (Å²) in [6.07, 6.45) is 0. The van der Waals surface area contributed by atoms with Crippen molar-refractivity contribution in [1.82, 2.24) is 9.29 Å². The highest BCUT2D eigenvalue weighted by Crippen LogP contribution is 2.27. The lowest BCUT2D eigenvalue weighted by atomic mass is 10.2. The van der Waals surface area contributed by atoms with Gasteiger partial charge in [-0.05, 0) is 42.5 Å². The number of esters is 1. The van der Waals surface area contributed by atoms with E-state index in [9.17, 15) is 22.4 Å². The number of benzene rings is 2. The molecule has 1 aromatic heterocycles. The lowest BCUT2D eigenvalue weighted by Crippen LogP contribution is -2.40. The quantitative estimate of drug-likeness (QED) is 0.457. The molecule has 0 unspecified atom stereocenters. The fourth-order valence-corrected chi connectivity index (χ4v) is 5.85. The van der Waals surface area contributed by atoms with E-state index in [1.165, 1.54) is 28.6 Å². The minimum absolute atomic E-state index is 0.0356. The molecule has 4 rings (SSSR count). The molecule has 0 atom stereocenters. The van der Waals surface area contributed by atoms with Crippen LogP contribution in [0, 0.1) is 5.82 Å². The highest BCUT2D eigenvalue weighted by Gasteiger charge is 2.29. The first-order valence-electron chi connectivity index (χ1n) is 10.3. The third kappa shape index (κ3) is 6.03. The van der Waals surface area contributed by atoms with Crippen molar-refractivity contribution in [2.24, 2.45) is 0 Å². The molecule has 0 spiro atoms. The van der Waals surface area contributed by atoms with Crippen LogP contribution in [0.4, 0.5) is 9.52 Å². The van der Waals surface area contributed by atoms with E-state index < -0.39 is 28.5 Å². The minimum Gasteiger partial charge on any atom is -0.452 e. The van der Waals surface area contributed by atoms with Crippen LogP contribution in [0.3, 0.4) is 0 Å². The zero-order valence-electron chi connectivity index (χ0n) is 18.1. The predicted octanol–water partition coefficient (Wildman–Crippen LogP) is 3.42. The molecule has 13 heteroatoms. The Balaban J connectivity index is 1.37. The Kier molecular flexibility index (Phi) is 7.77. The van der Waals surface area contributed by atoms with Crippen LogP contribution in [-0.4, -0.2) is 62.5 Å². The Morgan fingerprint density at radius 3 is 2.60 bits per heavy atom. The van der Waals surface area contributed by atoms with Crippen molar-refractivity contribution in [2.75, 3.05) is 38.2 Å². The van der Waals surface area contributed by atoms with E-state index >= 15 is 0 Å². The molecule has 0 radical (unpaired) electrons. The second-order valence-electron chi connectivity index (χ2n) is 7.33. The van der Waals surface area contributed by atoms with Gasteiger partial charge in [0.1, 0.15) is 10.7 Å². The Morgan fingerprint density at radius 1 is 1.17 bits per heavy atom. The van der Waals surface area contributed by atoms with Crippen LogP contribution in [0.5, 0.6) is 0 Å². The van der Waals surface area contributed by atoms with E-state index in [-0.39, 0.29) is 52.7 Å². The summed E-state index contributed by atoms with van der Waals surface area (Å²) in [4.78, 5) is 28.7. The molecule has 0 bridgehead atoms. The van der Waals surface area contributed by atoms with Gasteiger partial charge < -0.3 is 9.47 Å². The van der Waals surface area contributed by atoms with Crippen LogP contribution >= 0.6 is 22.9 Å². The maximum atomic E-state index is 13.1. The zero-order valence-corrected chi connectivity index (χ0v) is 20.5. The number of anilines is 1. The maximum Gasteiger partial charge on any atom is 0.338 e. The summed E-state index contributed by atoms with van der Waals surface area (Å²) in [7, 11) is -3.94. The highest BCUT2D eigenvalue weighted by atomic mass is 35.5. The number of nitrogens with zero attached hydrogens (tertiary/aromatic N) is 2. The summed E-state index contributed by atoms with van der Waals surface area (Å²) in [6, 6.07) is 9.48. The molecule has 35 heavy (non-hydrogen) atoms. The third-order valence-electron chi connectivity index (χ3n) is 4.98. The fourth-order valence-electron chi connectivity index (χ4n) is 3.21. The molecule has 1 fully saturated rings. The summed E-state index contributed by atoms with van der Waals surface area (Å²) < 4.78 is 50.4. The minimum atomic E-state index is -3.94. The number of aromatic nitrogens is 1. The Bertz CT molecular complexity index is 1340. The first-order valence-corrected chi connectivity index (χ1v) is 13.0. The molecule has 0 aliphatic carbocycles. The third-order valence-corrected chi connectivity index (χ3v) is 8.12. The monoisotopic (exact) mass is 539 g/mol. The topological polar surface area (TPSA) is 115 Å².